The molecule has 0 aliphatic carbocycles. The van der Waals surface area contributed by atoms with Crippen LogP contribution in [0.1, 0.15) is 30.1 Å². The van der Waals surface area contributed by atoms with Gasteiger partial charge in [0, 0.05) is 24.9 Å². The van der Waals surface area contributed by atoms with Gasteiger partial charge in [-0.2, -0.15) is 13.2 Å². The lowest BCUT2D eigenvalue weighted by Crippen LogP contribution is -2.40. The van der Waals surface area contributed by atoms with Gasteiger partial charge in [0.05, 0.1) is 31.0 Å². The number of nitrogens with one attached hydrogen (secondary N) is 1. The van der Waals surface area contributed by atoms with E-state index in [1.807, 2.05) is 0 Å². The third kappa shape index (κ3) is 4.85. The molecule has 40 heavy (non-hydrogen) atoms. The molecule has 0 fully saturated rings. The highest BCUT2D eigenvalue weighted by Gasteiger charge is 2.32. The standard InChI is InChI=1S/C24H20F3N9O4/c1-12-6-15(33-40-12)10-35-22(38)19-20(34(3)23(35)39)30-11-36(19)13(2)21(37)32-18-9-28-8-16(31-18)14-4-5-17(29-7-14)24(25,26)27/h4-9,11,13H,10H2,1-3H3,(H,31,32,37)/t13-/m0/s1. The molecule has 13 nitrogen and oxygen atoms in total. The molecule has 5 aromatic heterocycles. The van der Waals surface area contributed by atoms with Gasteiger partial charge in [-0.15, -0.1) is 0 Å². The number of pyridine rings is 1. The van der Waals surface area contributed by atoms with Crippen molar-refractivity contribution in [2.75, 3.05) is 5.32 Å². The minimum Gasteiger partial charge on any atom is -0.361 e. The predicted molar refractivity (Wildman–Crippen MR) is 133 cm³/mol. The van der Waals surface area contributed by atoms with Crippen molar-refractivity contribution in [3.63, 3.8) is 0 Å². The number of hydrogen-bond donors (Lipinski definition) is 1. The second-order valence-electron chi connectivity index (χ2n) is 8.87. The zero-order valence-corrected chi connectivity index (χ0v) is 21.2. The van der Waals surface area contributed by atoms with Gasteiger partial charge in [-0.3, -0.25) is 28.7 Å². The van der Waals surface area contributed by atoms with Crippen LogP contribution in [-0.2, 0) is 24.6 Å². The van der Waals surface area contributed by atoms with Crippen LogP contribution in [0.15, 0.2) is 57.2 Å². The number of aromatic nitrogens is 8. The van der Waals surface area contributed by atoms with Crippen molar-refractivity contribution in [1.29, 1.82) is 0 Å². The second-order valence-corrected chi connectivity index (χ2v) is 8.87. The first-order valence-corrected chi connectivity index (χ1v) is 11.7. The van der Waals surface area contributed by atoms with Crippen molar-refractivity contribution >= 4 is 22.9 Å². The number of fused-ring (bicyclic) bond motifs is 1. The number of hydrogen-bond acceptors (Lipinski definition) is 9. The zero-order valence-electron chi connectivity index (χ0n) is 21.2. The molecule has 0 saturated heterocycles. The molecule has 0 unspecified atom stereocenters. The van der Waals surface area contributed by atoms with Gasteiger partial charge in [0.15, 0.2) is 17.0 Å². The van der Waals surface area contributed by atoms with E-state index in [2.05, 4.69) is 30.4 Å². The van der Waals surface area contributed by atoms with E-state index < -0.39 is 35.1 Å². The highest BCUT2D eigenvalue weighted by molar-refractivity contribution is 5.93. The first kappa shape index (κ1) is 26.5. The van der Waals surface area contributed by atoms with E-state index >= 15 is 0 Å². The lowest BCUT2D eigenvalue weighted by Gasteiger charge is -2.15. The molecule has 1 atom stereocenters. The van der Waals surface area contributed by atoms with Gasteiger partial charge in [-0.05, 0) is 26.0 Å². The number of imidazole rings is 1. The van der Waals surface area contributed by atoms with Gasteiger partial charge in [0.1, 0.15) is 23.2 Å². The summed E-state index contributed by atoms with van der Waals surface area (Å²) in [4.78, 5) is 55.2. The summed E-state index contributed by atoms with van der Waals surface area (Å²) >= 11 is 0. The highest BCUT2D eigenvalue weighted by Crippen LogP contribution is 2.28. The number of alkyl halides is 3. The van der Waals surface area contributed by atoms with E-state index in [1.54, 1.807) is 13.0 Å². The first-order chi connectivity index (χ1) is 18.9. The van der Waals surface area contributed by atoms with Crippen LogP contribution in [0.25, 0.3) is 22.4 Å². The summed E-state index contributed by atoms with van der Waals surface area (Å²) in [6, 6.07) is 2.62. The number of nitrogens with zero attached hydrogens (tertiary/aromatic N) is 8. The van der Waals surface area contributed by atoms with Gasteiger partial charge < -0.3 is 14.4 Å². The number of halogens is 3. The molecular formula is C24H20F3N9O4. The summed E-state index contributed by atoms with van der Waals surface area (Å²) < 4.78 is 47.0. The number of carbonyl (C=O) groups excluding carboxylic acids is 1. The average molecular weight is 555 g/mol. The first-order valence-electron chi connectivity index (χ1n) is 11.7. The molecule has 0 aliphatic heterocycles. The Morgan fingerprint density at radius 3 is 2.58 bits per heavy atom. The van der Waals surface area contributed by atoms with Crippen LogP contribution >= 0.6 is 0 Å². The zero-order chi connectivity index (χ0) is 28.8. The fraction of sp³-hybridized carbons (Fsp3) is 0.250. The summed E-state index contributed by atoms with van der Waals surface area (Å²) in [6.45, 7) is 3.05. The number of aryl methyl sites for hydroxylation is 2. The molecule has 0 bridgehead atoms. The maximum Gasteiger partial charge on any atom is 0.433 e. The molecule has 0 spiro atoms. The van der Waals surface area contributed by atoms with Crippen molar-refractivity contribution < 1.29 is 22.5 Å². The smallest absolute Gasteiger partial charge is 0.361 e. The summed E-state index contributed by atoms with van der Waals surface area (Å²) in [6.07, 6.45) is 0.267. The van der Waals surface area contributed by atoms with Crippen LogP contribution in [0.3, 0.4) is 0 Å². The fourth-order valence-electron chi connectivity index (χ4n) is 4.01. The quantitative estimate of drug-likeness (QED) is 0.332. The Labute approximate surface area is 221 Å². The van der Waals surface area contributed by atoms with Gasteiger partial charge in [0.25, 0.3) is 5.56 Å². The van der Waals surface area contributed by atoms with Crippen LogP contribution in [0.4, 0.5) is 19.0 Å². The van der Waals surface area contributed by atoms with Crippen molar-refractivity contribution in [3.05, 3.63) is 81.1 Å². The maximum atomic E-state index is 13.4. The van der Waals surface area contributed by atoms with Crippen molar-refractivity contribution in [1.82, 2.24) is 38.8 Å². The third-order valence-corrected chi connectivity index (χ3v) is 6.09. The Morgan fingerprint density at radius 2 is 1.93 bits per heavy atom. The van der Waals surface area contributed by atoms with Crippen molar-refractivity contribution in [2.45, 2.75) is 32.6 Å². The van der Waals surface area contributed by atoms with Gasteiger partial charge in [-0.25, -0.2) is 14.8 Å². The molecule has 0 radical (unpaired) electrons. The lowest BCUT2D eigenvalue weighted by atomic mass is 10.2. The second kappa shape index (κ2) is 9.87. The Hall–Kier alpha value is -5.15. The molecule has 5 aromatic rings. The number of anilines is 1. The topological polar surface area (TPSA) is 156 Å². The molecule has 1 N–H and O–H groups in total. The number of carbonyl (C=O) groups is 1. The molecule has 5 heterocycles. The van der Waals surface area contributed by atoms with Gasteiger partial charge in [-0.1, -0.05) is 5.16 Å². The van der Waals surface area contributed by atoms with Crippen molar-refractivity contribution in [2.24, 2.45) is 7.05 Å². The fourth-order valence-corrected chi connectivity index (χ4v) is 4.01. The molecule has 0 aliphatic rings. The van der Waals surface area contributed by atoms with Gasteiger partial charge >= 0.3 is 11.9 Å². The molecular weight excluding hydrogens is 535 g/mol. The van der Waals surface area contributed by atoms with E-state index in [4.69, 9.17) is 4.52 Å². The van der Waals surface area contributed by atoms with Crippen LogP contribution in [-0.4, -0.2) is 44.7 Å². The third-order valence-electron chi connectivity index (χ3n) is 6.09. The minimum atomic E-state index is -4.58. The minimum absolute atomic E-state index is 0.0145. The van der Waals surface area contributed by atoms with Crippen molar-refractivity contribution in [3.8, 4) is 11.3 Å². The van der Waals surface area contributed by atoms with Crippen LogP contribution in [0.2, 0.25) is 0 Å². The van der Waals surface area contributed by atoms with E-state index in [9.17, 15) is 27.6 Å². The Bertz CT molecular complexity index is 1850. The summed E-state index contributed by atoms with van der Waals surface area (Å²) in [5, 5.41) is 6.41. The monoisotopic (exact) mass is 555 g/mol. The Kier molecular flexibility index (Phi) is 6.53. The van der Waals surface area contributed by atoms with E-state index in [0.717, 1.165) is 16.8 Å². The summed E-state index contributed by atoms with van der Waals surface area (Å²) in [5.74, 6) is -0.0638. The van der Waals surface area contributed by atoms with Gasteiger partial charge in [0.2, 0.25) is 5.91 Å². The predicted octanol–water partition coefficient (Wildman–Crippen LogP) is 2.31. The molecule has 16 heteroatoms. The number of amides is 1. The molecule has 0 aromatic carbocycles. The van der Waals surface area contributed by atoms with E-state index in [-0.39, 0.29) is 34.8 Å². The highest BCUT2D eigenvalue weighted by atomic mass is 19.4. The molecule has 0 saturated carbocycles. The summed E-state index contributed by atoms with van der Waals surface area (Å²) in [7, 11) is 1.45. The lowest BCUT2D eigenvalue weighted by molar-refractivity contribution is -0.141. The van der Waals surface area contributed by atoms with Crippen LogP contribution in [0, 0.1) is 6.92 Å². The Morgan fingerprint density at radius 1 is 1.15 bits per heavy atom. The summed E-state index contributed by atoms with van der Waals surface area (Å²) in [5.41, 5.74) is -1.44. The average Bonchev–Trinajstić information content (AvgIpc) is 3.55. The Balaban J connectivity index is 1.43. The maximum absolute atomic E-state index is 13.4. The van der Waals surface area contributed by atoms with Crippen LogP contribution < -0.4 is 16.6 Å². The number of rotatable bonds is 6. The largest absolute Gasteiger partial charge is 0.433 e. The SMILES string of the molecule is Cc1cc(Cn2c(=O)c3c(ncn3[C@@H](C)C(=O)Nc3cncc(-c4ccc(C(F)(F)F)nc4)n3)n(C)c2=O)no1. The normalized spacial score (nSPS) is 12.6. The molecule has 1 amide bonds. The van der Waals surface area contributed by atoms with E-state index in [1.165, 1.54) is 47.9 Å². The van der Waals surface area contributed by atoms with Crippen LogP contribution in [0.5, 0.6) is 0 Å². The van der Waals surface area contributed by atoms with E-state index in [0.29, 0.717) is 11.5 Å². The molecule has 206 valence electrons. The molecule has 5 rings (SSSR count).